The minimum absolute atomic E-state index is 0.0113. The normalized spacial score (nSPS) is 13.6. The minimum Gasteiger partial charge on any atom is -0.462 e. The second-order valence-electron chi connectivity index (χ2n) is 8.36. The fourth-order valence-corrected chi connectivity index (χ4v) is 5.59. The molecule has 3 aromatic rings. The molecule has 4 rings (SSSR count). The molecular formula is C26H27N3O3S. The number of nitrogens with one attached hydrogen (secondary N) is 1. The van der Waals surface area contributed by atoms with Crippen LogP contribution in [0.15, 0.2) is 36.0 Å². The molecule has 0 unspecified atom stereocenters. The van der Waals surface area contributed by atoms with Crippen molar-refractivity contribution in [1.29, 1.82) is 5.26 Å². The van der Waals surface area contributed by atoms with E-state index in [1.807, 2.05) is 36.5 Å². The van der Waals surface area contributed by atoms with Crippen molar-refractivity contribution in [2.75, 3.05) is 11.9 Å². The maximum absolute atomic E-state index is 13.1. The van der Waals surface area contributed by atoms with Gasteiger partial charge in [0.15, 0.2) is 0 Å². The van der Waals surface area contributed by atoms with Crippen LogP contribution < -0.4 is 5.32 Å². The maximum Gasteiger partial charge on any atom is 0.341 e. The topological polar surface area (TPSA) is 84.1 Å². The van der Waals surface area contributed by atoms with Gasteiger partial charge in [-0.2, -0.15) is 5.26 Å². The summed E-state index contributed by atoms with van der Waals surface area (Å²) in [6, 6.07) is 10.2. The molecule has 33 heavy (non-hydrogen) atoms. The highest BCUT2D eigenvalue weighted by Gasteiger charge is 2.28. The van der Waals surface area contributed by atoms with Crippen molar-refractivity contribution in [3.63, 3.8) is 0 Å². The van der Waals surface area contributed by atoms with Crippen LogP contribution in [-0.4, -0.2) is 23.1 Å². The number of fused-ring (bicyclic) bond motifs is 2. The lowest BCUT2D eigenvalue weighted by atomic mass is 9.95. The van der Waals surface area contributed by atoms with Gasteiger partial charge < -0.3 is 14.6 Å². The van der Waals surface area contributed by atoms with Crippen molar-refractivity contribution in [3.05, 3.63) is 57.6 Å². The summed E-state index contributed by atoms with van der Waals surface area (Å²) in [6.45, 7) is 6.21. The zero-order valence-electron chi connectivity index (χ0n) is 19.1. The highest BCUT2D eigenvalue weighted by molar-refractivity contribution is 7.17. The van der Waals surface area contributed by atoms with Gasteiger partial charge in [-0.3, -0.25) is 4.79 Å². The molecule has 1 N–H and O–H groups in total. The molecule has 1 aliphatic carbocycles. The van der Waals surface area contributed by atoms with Crippen molar-refractivity contribution in [3.8, 4) is 6.07 Å². The number of esters is 1. The molecular weight excluding hydrogens is 434 g/mol. The van der Waals surface area contributed by atoms with E-state index in [0.29, 0.717) is 10.6 Å². The highest BCUT2D eigenvalue weighted by Crippen LogP contribution is 2.39. The van der Waals surface area contributed by atoms with E-state index in [4.69, 9.17) is 4.74 Å². The number of aryl methyl sites for hydroxylation is 1. The number of amides is 1. The van der Waals surface area contributed by atoms with E-state index < -0.39 is 11.9 Å². The predicted octanol–water partition coefficient (Wildman–Crippen LogP) is 5.88. The Morgan fingerprint density at radius 1 is 1.27 bits per heavy atom. The Morgan fingerprint density at radius 3 is 2.76 bits per heavy atom. The van der Waals surface area contributed by atoms with Gasteiger partial charge >= 0.3 is 5.97 Å². The smallest absolute Gasteiger partial charge is 0.341 e. The van der Waals surface area contributed by atoms with E-state index in [-0.39, 0.29) is 18.2 Å². The Bertz CT molecular complexity index is 1290. The molecule has 0 atom stereocenters. The zero-order chi connectivity index (χ0) is 23.5. The van der Waals surface area contributed by atoms with E-state index in [2.05, 4.69) is 23.7 Å². The largest absolute Gasteiger partial charge is 0.462 e. The molecule has 1 aromatic carbocycles. The number of thiophene rings is 1. The van der Waals surface area contributed by atoms with Crippen LogP contribution in [0.1, 0.15) is 66.0 Å². The number of para-hydroxylation sites is 1. The number of carbonyl (C=O) groups excluding carboxylic acids is 2. The van der Waals surface area contributed by atoms with Gasteiger partial charge in [-0.1, -0.05) is 18.2 Å². The third kappa shape index (κ3) is 4.44. The molecule has 0 saturated heterocycles. The van der Waals surface area contributed by atoms with Crippen molar-refractivity contribution in [1.82, 2.24) is 4.57 Å². The lowest BCUT2D eigenvalue weighted by molar-refractivity contribution is -0.112. The summed E-state index contributed by atoms with van der Waals surface area (Å²) in [5, 5.41) is 14.1. The molecule has 6 nitrogen and oxygen atoms in total. The molecule has 0 fully saturated rings. The molecule has 1 amide bonds. The molecule has 2 aromatic heterocycles. The van der Waals surface area contributed by atoms with Gasteiger partial charge in [0.05, 0.1) is 12.2 Å². The van der Waals surface area contributed by atoms with Gasteiger partial charge in [0, 0.05) is 33.6 Å². The van der Waals surface area contributed by atoms with Gasteiger partial charge in [0.1, 0.15) is 16.6 Å². The molecule has 0 radical (unpaired) electrons. The van der Waals surface area contributed by atoms with Crippen LogP contribution in [0.2, 0.25) is 0 Å². The predicted molar refractivity (Wildman–Crippen MR) is 131 cm³/mol. The summed E-state index contributed by atoms with van der Waals surface area (Å²) < 4.78 is 7.39. The van der Waals surface area contributed by atoms with E-state index >= 15 is 0 Å². The summed E-state index contributed by atoms with van der Waals surface area (Å²) in [4.78, 5) is 26.9. The molecule has 2 heterocycles. The van der Waals surface area contributed by atoms with E-state index in [1.54, 1.807) is 13.0 Å². The number of hydrogen-bond acceptors (Lipinski definition) is 5. The van der Waals surface area contributed by atoms with Crippen LogP contribution in [0.25, 0.3) is 17.0 Å². The van der Waals surface area contributed by atoms with Crippen LogP contribution in [0.3, 0.4) is 0 Å². The van der Waals surface area contributed by atoms with Crippen molar-refractivity contribution in [2.24, 2.45) is 0 Å². The number of hydrogen-bond donors (Lipinski definition) is 1. The number of nitrogens with zero attached hydrogens (tertiary/aromatic N) is 2. The Labute approximate surface area is 197 Å². The Morgan fingerprint density at radius 2 is 2.03 bits per heavy atom. The third-order valence-corrected chi connectivity index (χ3v) is 7.08. The van der Waals surface area contributed by atoms with Crippen molar-refractivity contribution < 1.29 is 14.3 Å². The molecule has 7 heteroatoms. The average Bonchev–Trinajstić information content (AvgIpc) is 3.35. The lowest BCUT2D eigenvalue weighted by Gasteiger charge is -2.12. The number of nitriles is 1. The average molecular weight is 462 g/mol. The zero-order valence-corrected chi connectivity index (χ0v) is 19.9. The van der Waals surface area contributed by atoms with E-state index in [1.165, 1.54) is 11.3 Å². The monoisotopic (exact) mass is 461 g/mol. The first-order valence-corrected chi connectivity index (χ1v) is 12.1. The summed E-state index contributed by atoms with van der Waals surface area (Å²) in [7, 11) is 0. The van der Waals surface area contributed by atoms with Gasteiger partial charge in [0.2, 0.25) is 0 Å². The van der Waals surface area contributed by atoms with Crippen LogP contribution in [0.4, 0.5) is 5.00 Å². The highest BCUT2D eigenvalue weighted by atomic mass is 32.1. The summed E-state index contributed by atoms with van der Waals surface area (Å²) >= 11 is 1.42. The van der Waals surface area contributed by atoms with Gasteiger partial charge in [0.25, 0.3) is 5.91 Å². The van der Waals surface area contributed by atoms with Gasteiger partial charge in [-0.05, 0) is 64.2 Å². The number of aromatic nitrogens is 1. The molecule has 0 saturated carbocycles. The summed E-state index contributed by atoms with van der Waals surface area (Å²) in [5.74, 6) is -0.947. The van der Waals surface area contributed by atoms with Gasteiger partial charge in [-0.15, -0.1) is 11.3 Å². The van der Waals surface area contributed by atoms with Crippen LogP contribution in [0, 0.1) is 11.3 Å². The molecule has 0 spiro atoms. The SMILES string of the molecule is CCOC(=O)c1c(NC(=O)/C(C#N)=C/c2cn(C(C)C)c3ccccc23)sc2c1CCCC2. The summed E-state index contributed by atoms with van der Waals surface area (Å²) in [6.07, 6.45) is 7.34. The Hall–Kier alpha value is -3.37. The fraction of sp³-hybridized carbons (Fsp3) is 0.346. The van der Waals surface area contributed by atoms with Gasteiger partial charge in [-0.25, -0.2) is 4.79 Å². The quantitative estimate of drug-likeness (QED) is 0.282. The number of anilines is 1. The number of benzene rings is 1. The van der Waals surface area contributed by atoms with Crippen molar-refractivity contribution in [2.45, 2.75) is 52.5 Å². The molecule has 0 bridgehead atoms. The maximum atomic E-state index is 13.1. The Kier molecular flexibility index (Phi) is 6.66. The third-order valence-electron chi connectivity index (χ3n) is 5.87. The Balaban J connectivity index is 1.70. The first-order chi connectivity index (χ1) is 15.9. The summed E-state index contributed by atoms with van der Waals surface area (Å²) in [5.41, 5.74) is 3.26. The fourth-order valence-electron chi connectivity index (χ4n) is 4.32. The first kappa shape index (κ1) is 22.8. The van der Waals surface area contributed by atoms with Crippen LogP contribution in [-0.2, 0) is 22.4 Å². The van der Waals surface area contributed by atoms with Crippen LogP contribution in [0.5, 0.6) is 0 Å². The second kappa shape index (κ2) is 9.63. The first-order valence-electron chi connectivity index (χ1n) is 11.3. The molecule has 0 aliphatic heterocycles. The lowest BCUT2D eigenvalue weighted by Crippen LogP contribution is -2.16. The molecule has 1 aliphatic rings. The van der Waals surface area contributed by atoms with E-state index in [0.717, 1.165) is 52.6 Å². The number of rotatable bonds is 6. The number of carbonyl (C=O) groups is 2. The van der Waals surface area contributed by atoms with Crippen LogP contribution >= 0.6 is 11.3 Å². The second-order valence-corrected chi connectivity index (χ2v) is 9.47. The molecule has 170 valence electrons. The van der Waals surface area contributed by atoms with Crippen molar-refractivity contribution >= 4 is 45.2 Å². The van der Waals surface area contributed by atoms with E-state index in [9.17, 15) is 14.9 Å². The number of ether oxygens (including phenoxy) is 1. The standard InChI is InChI=1S/C26H27N3O3S/c1-4-32-26(31)23-20-10-6-8-12-22(20)33-25(23)28-24(30)17(14-27)13-18-15-29(16(2)3)21-11-7-5-9-19(18)21/h5,7,9,11,13,15-16H,4,6,8,10,12H2,1-3H3,(H,28,30)/b17-13+. The minimum atomic E-state index is -0.525.